The lowest BCUT2D eigenvalue weighted by molar-refractivity contribution is -0.133. The van der Waals surface area contributed by atoms with Crippen LogP contribution in [0.3, 0.4) is 0 Å². The van der Waals surface area contributed by atoms with Gasteiger partial charge in [0.2, 0.25) is 5.91 Å². The second-order valence-electron chi connectivity index (χ2n) is 8.00. The molecule has 2 heterocycles. The fraction of sp³-hybridized carbons (Fsp3) is 0.375. The number of hydrogen-bond donors (Lipinski definition) is 1. The van der Waals surface area contributed by atoms with Crippen LogP contribution >= 0.6 is 11.6 Å². The molecule has 1 N–H and O–H groups in total. The molecule has 4 rings (SSSR count). The number of aryl methyl sites for hydroxylation is 1. The maximum absolute atomic E-state index is 12.7. The monoisotopic (exact) mass is 438 g/mol. The zero-order valence-corrected chi connectivity index (χ0v) is 18.4. The molecule has 3 aromatic rings. The molecule has 0 aliphatic carbocycles. The standard InChI is InChI=1S/C24H27ClN4O2/c1-17(18-7-2-4-9-20(18)25)28-13-15-29(16-14-28)23(30)12-6-11-22-26-21-10-5-3-8-19(21)24(31)27-22/h2-5,7-10,17H,6,11-16H2,1H3,(H,26,27,31). The van der Waals surface area contributed by atoms with Crippen LogP contribution in [0.2, 0.25) is 5.02 Å². The number of carbonyl (C=O) groups excluding carboxylic acids is 1. The van der Waals surface area contributed by atoms with E-state index < -0.39 is 0 Å². The van der Waals surface area contributed by atoms with Crippen molar-refractivity contribution in [3.05, 3.63) is 75.3 Å². The number of carbonyl (C=O) groups is 1. The van der Waals surface area contributed by atoms with Gasteiger partial charge in [-0.1, -0.05) is 41.9 Å². The average Bonchev–Trinajstić information content (AvgIpc) is 2.79. The first-order chi connectivity index (χ1) is 15.0. The summed E-state index contributed by atoms with van der Waals surface area (Å²) in [4.78, 5) is 36.5. The summed E-state index contributed by atoms with van der Waals surface area (Å²) in [5.74, 6) is 0.795. The normalized spacial score (nSPS) is 15.9. The second kappa shape index (κ2) is 9.62. The molecule has 1 aliphatic rings. The van der Waals surface area contributed by atoms with Gasteiger partial charge in [-0.05, 0) is 37.1 Å². The molecule has 1 atom stereocenters. The van der Waals surface area contributed by atoms with Crippen molar-refractivity contribution >= 4 is 28.4 Å². The number of aromatic amines is 1. The fourth-order valence-corrected chi connectivity index (χ4v) is 4.48. The molecular formula is C24H27ClN4O2. The Balaban J connectivity index is 1.27. The van der Waals surface area contributed by atoms with Gasteiger partial charge in [0.15, 0.2) is 0 Å². The number of H-pyrrole nitrogens is 1. The first kappa shape index (κ1) is 21.5. The van der Waals surface area contributed by atoms with Crippen molar-refractivity contribution in [3.8, 4) is 0 Å². The summed E-state index contributed by atoms with van der Waals surface area (Å²) in [6.07, 6.45) is 1.70. The third-order valence-electron chi connectivity index (χ3n) is 6.04. The zero-order chi connectivity index (χ0) is 21.8. The first-order valence-electron chi connectivity index (χ1n) is 10.8. The molecule has 162 valence electrons. The van der Waals surface area contributed by atoms with Gasteiger partial charge in [0.1, 0.15) is 5.82 Å². The van der Waals surface area contributed by atoms with Gasteiger partial charge in [-0.3, -0.25) is 14.5 Å². The number of fused-ring (bicyclic) bond motifs is 1. The molecule has 1 amide bonds. The fourth-order valence-electron chi connectivity index (χ4n) is 4.19. The van der Waals surface area contributed by atoms with Gasteiger partial charge in [0.05, 0.1) is 10.9 Å². The van der Waals surface area contributed by atoms with Gasteiger partial charge in [-0.15, -0.1) is 0 Å². The Labute approximate surface area is 186 Å². The highest BCUT2D eigenvalue weighted by Gasteiger charge is 2.25. The molecule has 2 aromatic carbocycles. The number of nitrogens with zero attached hydrogens (tertiary/aromatic N) is 3. The Morgan fingerprint density at radius 2 is 1.81 bits per heavy atom. The lowest BCUT2D eigenvalue weighted by Gasteiger charge is -2.38. The van der Waals surface area contributed by atoms with Gasteiger partial charge in [0, 0.05) is 50.1 Å². The number of aromatic nitrogens is 2. The van der Waals surface area contributed by atoms with Crippen molar-refractivity contribution in [2.75, 3.05) is 26.2 Å². The summed E-state index contributed by atoms with van der Waals surface area (Å²) in [5, 5.41) is 1.38. The maximum Gasteiger partial charge on any atom is 0.258 e. The Bertz CT molecular complexity index is 1120. The molecule has 0 spiro atoms. The van der Waals surface area contributed by atoms with Crippen LogP contribution in [0.15, 0.2) is 53.3 Å². The van der Waals surface area contributed by atoms with Gasteiger partial charge in [-0.25, -0.2) is 4.98 Å². The predicted molar refractivity (Wildman–Crippen MR) is 123 cm³/mol. The van der Waals surface area contributed by atoms with Crippen LogP contribution in [-0.4, -0.2) is 51.9 Å². The molecule has 0 radical (unpaired) electrons. The quantitative estimate of drug-likeness (QED) is 0.635. The number of halogens is 1. The lowest BCUT2D eigenvalue weighted by Crippen LogP contribution is -2.49. The number of para-hydroxylation sites is 1. The minimum absolute atomic E-state index is 0.129. The Hall–Kier alpha value is -2.70. The minimum atomic E-state index is -0.129. The molecule has 1 unspecified atom stereocenters. The molecule has 6 nitrogen and oxygen atoms in total. The number of nitrogens with one attached hydrogen (secondary N) is 1. The van der Waals surface area contributed by atoms with Crippen LogP contribution in [0.1, 0.15) is 37.2 Å². The van der Waals surface area contributed by atoms with Gasteiger partial charge in [-0.2, -0.15) is 0 Å². The number of rotatable bonds is 6. The van der Waals surface area contributed by atoms with E-state index in [2.05, 4.69) is 27.9 Å². The lowest BCUT2D eigenvalue weighted by atomic mass is 10.1. The molecular weight excluding hydrogens is 412 g/mol. The number of amides is 1. The minimum Gasteiger partial charge on any atom is -0.340 e. The maximum atomic E-state index is 12.7. The molecule has 1 fully saturated rings. The van der Waals surface area contributed by atoms with Crippen molar-refractivity contribution < 1.29 is 4.79 Å². The van der Waals surface area contributed by atoms with Gasteiger partial charge < -0.3 is 9.88 Å². The Morgan fingerprint density at radius 3 is 2.58 bits per heavy atom. The van der Waals surface area contributed by atoms with Crippen molar-refractivity contribution in [2.24, 2.45) is 0 Å². The number of hydrogen-bond acceptors (Lipinski definition) is 4. The number of benzene rings is 2. The zero-order valence-electron chi connectivity index (χ0n) is 17.7. The largest absolute Gasteiger partial charge is 0.340 e. The van der Waals surface area contributed by atoms with Crippen molar-refractivity contribution in [1.29, 1.82) is 0 Å². The van der Waals surface area contributed by atoms with Crippen LogP contribution in [-0.2, 0) is 11.2 Å². The van der Waals surface area contributed by atoms with Crippen LogP contribution in [0.4, 0.5) is 0 Å². The van der Waals surface area contributed by atoms with E-state index >= 15 is 0 Å². The SMILES string of the molecule is CC(c1ccccc1Cl)N1CCN(C(=O)CCCc2nc3ccccc3c(=O)[nH]2)CC1. The molecule has 0 saturated carbocycles. The van der Waals surface area contributed by atoms with Crippen molar-refractivity contribution in [2.45, 2.75) is 32.2 Å². The van der Waals surface area contributed by atoms with E-state index in [0.717, 1.165) is 36.8 Å². The van der Waals surface area contributed by atoms with E-state index in [1.807, 2.05) is 41.3 Å². The van der Waals surface area contributed by atoms with Crippen molar-refractivity contribution in [3.63, 3.8) is 0 Å². The molecule has 0 bridgehead atoms. The second-order valence-corrected chi connectivity index (χ2v) is 8.40. The van der Waals surface area contributed by atoms with Crippen LogP contribution in [0, 0.1) is 0 Å². The predicted octanol–water partition coefficient (Wildman–Crippen LogP) is 3.80. The molecule has 1 aromatic heterocycles. The highest BCUT2D eigenvalue weighted by molar-refractivity contribution is 6.31. The molecule has 1 saturated heterocycles. The molecule has 31 heavy (non-hydrogen) atoms. The average molecular weight is 439 g/mol. The van der Waals surface area contributed by atoms with Crippen LogP contribution in [0.5, 0.6) is 0 Å². The third kappa shape index (κ3) is 4.97. The molecule has 7 heteroatoms. The van der Waals surface area contributed by atoms with E-state index in [0.29, 0.717) is 36.0 Å². The van der Waals surface area contributed by atoms with Crippen molar-refractivity contribution in [1.82, 2.24) is 19.8 Å². The first-order valence-corrected chi connectivity index (χ1v) is 11.1. The van der Waals surface area contributed by atoms with Crippen LogP contribution < -0.4 is 5.56 Å². The summed E-state index contributed by atoms with van der Waals surface area (Å²) in [6.45, 7) is 5.27. The molecule has 1 aliphatic heterocycles. The topological polar surface area (TPSA) is 69.3 Å². The summed E-state index contributed by atoms with van der Waals surface area (Å²) in [7, 11) is 0. The Morgan fingerprint density at radius 1 is 1.10 bits per heavy atom. The van der Waals surface area contributed by atoms with Gasteiger partial charge in [0.25, 0.3) is 5.56 Å². The van der Waals surface area contributed by atoms with Gasteiger partial charge >= 0.3 is 0 Å². The smallest absolute Gasteiger partial charge is 0.258 e. The summed E-state index contributed by atoms with van der Waals surface area (Å²) in [6, 6.07) is 15.5. The number of piperazine rings is 1. The van der Waals surface area contributed by atoms with E-state index in [1.54, 1.807) is 6.07 Å². The third-order valence-corrected chi connectivity index (χ3v) is 6.38. The summed E-state index contributed by atoms with van der Waals surface area (Å²) < 4.78 is 0. The highest BCUT2D eigenvalue weighted by Crippen LogP contribution is 2.27. The van der Waals surface area contributed by atoms with E-state index in [4.69, 9.17) is 11.6 Å². The summed E-state index contributed by atoms with van der Waals surface area (Å²) >= 11 is 6.35. The Kier molecular flexibility index (Phi) is 6.68. The highest BCUT2D eigenvalue weighted by atomic mass is 35.5. The van der Waals surface area contributed by atoms with Crippen LogP contribution in [0.25, 0.3) is 10.9 Å². The van der Waals surface area contributed by atoms with E-state index in [9.17, 15) is 9.59 Å². The van der Waals surface area contributed by atoms with E-state index in [1.165, 1.54) is 0 Å². The van der Waals surface area contributed by atoms with E-state index in [-0.39, 0.29) is 17.5 Å². The summed E-state index contributed by atoms with van der Waals surface area (Å²) in [5.41, 5.74) is 1.69.